The zero-order valence-corrected chi connectivity index (χ0v) is 10.9. The van der Waals surface area contributed by atoms with Gasteiger partial charge in [-0.3, -0.25) is 0 Å². The molecule has 0 aromatic heterocycles. The second kappa shape index (κ2) is 5.71. The Labute approximate surface area is 102 Å². The van der Waals surface area contributed by atoms with Gasteiger partial charge in [0.15, 0.2) is 0 Å². The van der Waals surface area contributed by atoms with Crippen LogP contribution in [-0.4, -0.2) is 11.7 Å². The van der Waals surface area contributed by atoms with E-state index in [0.29, 0.717) is 6.42 Å². The molecule has 0 aliphatic carbocycles. The highest BCUT2D eigenvalue weighted by Crippen LogP contribution is 2.31. The average Bonchev–Trinajstić information content (AvgIpc) is 2.27. The Morgan fingerprint density at radius 3 is 2.18 bits per heavy atom. The van der Waals surface area contributed by atoms with Crippen LogP contribution in [-0.2, 0) is 0 Å². The lowest BCUT2D eigenvalue weighted by atomic mass is 9.89. The van der Waals surface area contributed by atoms with E-state index >= 15 is 0 Å². The smallest absolute Gasteiger partial charge is 0.0652 e. The molecular weight excluding hydrogens is 214 g/mol. The van der Waals surface area contributed by atoms with Crippen LogP contribution in [0.25, 0.3) is 10.4 Å². The zero-order chi connectivity index (χ0) is 13.0. The first-order valence-electron chi connectivity index (χ1n) is 5.75. The lowest BCUT2D eigenvalue weighted by molar-refractivity contribution is 0.276. The molecule has 0 saturated heterocycles. The van der Waals surface area contributed by atoms with Crippen molar-refractivity contribution in [3.05, 3.63) is 44.3 Å². The molecule has 1 unspecified atom stereocenters. The van der Waals surface area contributed by atoms with Crippen LogP contribution >= 0.6 is 0 Å². The molecule has 1 rings (SSSR count). The second-order valence-corrected chi connectivity index (χ2v) is 4.41. The van der Waals surface area contributed by atoms with Crippen molar-refractivity contribution in [3.63, 3.8) is 0 Å². The number of aliphatic hydroxyl groups is 1. The number of hydrogen-bond donors (Lipinski definition) is 1. The molecule has 1 aromatic rings. The molecule has 0 radical (unpaired) electrons. The zero-order valence-electron chi connectivity index (χ0n) is 10.9. The topological polar surface area (TPSA) is 69.0 Å². The van der Waals surface area contributed by atoms with Gasteiger partial charge in [-0.25, -0.2) is 0 Å². The summed E-state index contributed by atoms with van der Waals surface area (Å²) in [5, 5.41) is 12.9. The summed E-state index contributed by atoms with van der Waals surface area (Å²) in [6.07, 6.45) is 0.467. The standard InChI is InChI=1S/C13H19N3O/c1-8-7-9(2)11(4)13(10(8)3)12(5-6-17)15-16-14/h7,12,17H,5-6H2,1-4H3. The van der Waals surface area contributed by atoms with E-state index in [-0.39, 0.29) is 12.6 Å². The summed E-state index contributed by atoms with van der Waals surface area (Å²) in [7, 11) is 0. The van der Waals surface area contributed by atoms with E-state index in [9.17, 15) is 0 Å². The molecule has 0 aliphatic heterocycles. The fraction of sp³-hybridized carbons (Fsp3) is 0.538. The third kappa shape index (κ3) is 2.78. The van der Waals surface area contributed by atoms with E-state index < -0.39 is 0 Å². The quantitative estimate of drug-likeness (QED) is 0.481. The van der Waals surface area contributed by atoms with Crippen molar-refractivity contribution in [1.82, 2.24) is 0 Å². The molecule has 0 aliphatic rings. The van der Waals surface area contributed by atoms with Crippen LogP contribution in [0.5, 0.6) is 0 Å². The molecule has 1 N–H and O–H groups in total. The highest BCUT2D eigenvalue weighted by atomic mass is 16.3. The van der Waals surface area contributed by atoms with Gasteiger partial charge in [-0.1, -0.05) is 11.2 Å². The largest absolute Gasteiger partial charge is 0.396 e. The van der Waals surface area contributed by atoms with E-state index in [4.69, 9.17) is 10.6 Å². The van der Waals surface area contributed by atoms with Gasteiger partial charge in [0.05, 0.1) is 6.04 Å². The maximum absolute atomic E-state index is 9.06. The Kier molecular flexibility index (Phi) is 4.55. The molecule has 0 saturated carbocycles. The molecule has 1 atom stereocenters. The lowest BCUT2D eigenvalue weighted by Gasteiger charge is -2.20. The second-order valence-electron chi connectivity index (χ2n) is 4.41. The van der Waals surface area contributed by atoms with Crippen molar-refractivity contribution in [2.24, 2.45) is 5.11 Å². The highest BCUT2D eigenvalue weighted by Gasteiger charge is 2.17. The molecule has 0 fully saturated rings. The van der Waals surface area contributed by atoms with Gasteiger partial charge in [0.25, 0.3) is 0 Å². The van der Waals surface area contributed by atoms with Crippen LogP contribution in [0.3, 0.4) is 0 Å². The maximum Gasteiger partial charge on any atom is 0.0652 e. The van der Waals surface area contributed by atoms with E-state index in [1.807, 2.05) is 13.8 Å². The predicted octanol–water partition coefficient (Wildman–Crippen LogP) is 3.65. The Morgan fingerprint density at radius 1 is 1.24 bits per heavy atom. The fourth-order valence-electron chi connectivity index (χ4n) is 2.19. The molecule has 0 amide bonds. The van der Waals surface area contributed by atoms with Crippen LogP contribution in [0, 0.1) is 27.7 Å². The summed E-state index contributed by atoms with van der Waals surface area (Å²) in [6, 6.07) is 1.86. The Balaban J connectivity index is 3.40. The number of aliphatic hydroxyl groups excluding tert-OH is 1. The number of rotatable bonds is 4. The van der Waals surface area contributed by atoms with Crippen molar-refractivity contribution >= 4 is 0 Å². The van der Waals surface area contributed by atoms with Crippen molar-refractivity contribution in [2.45, 2.75) is 40.2 Å². The van der Waals surface area contributed by atoms with Crippen molar-refractivity contribution in [3.8, 4) is 0 Å². The predicted molar refractivity (Wildman–Crippen MR) is 69.0 cm³/mol. The van der Waals surface area contributed by atoms with Gasteiger partial charge in [-0.05, 0) is 67.5 Å². The van der Waals surface area contributed by atoms with Gasteiger partial charge < -0.3 is 5.11 Å². The van der Waals surface area contributed by atoms with Gasteiger partial charge >= 0.3 is 0 Å². The highest BCUT2D eigenvalue weighted by molar-refractivity contribution is 5.45. The Hall–Kier alpha value is -1.51. The van der Waals surface area contributed by atoms with E-state index in [1.165, 1.54) is 11.1 Å². The third-order valence-corrected chi connectivity index (χ3v) is 3.35. The third-order valence-electron chi connectivity index (χ3n) is 3.35. The summed E-state index contributed by atoms with van der Waals surface area (Å²) < 4.78 is 0. The van der Waals surface area contributed by atoms with Gasteiger partial charge in [-0.15, -0.1) is 0 Å². The van der Waals surface area contributed by atoms with E-state index in [0.717, 1.165) is 16.7 Å². The van der Waals surface area contributed by atoms with Crippen molar-refractivity contribution < 1.29 is 5.11 Å². The van der Waals surface area contributed by atoms with Crippen molar-refractivity contribution in [1.29, 1.82) is 0 Å². The molecule has 0 bridgehead atoms. The minimum atomic E-state index is -0.274. The molecule has 4 nitrogen and oxygen atoms in total. The minimum absolute atomic E-state index is 0.0234. The van der Waals surface area contributed by atoms with Crippen LogP contribution in [0.4, 0.5) is 0 Å². The van der Waals surface area contributed by atoms with E-state index in [1.54, 1.807) is 0 Å². The summed E-state index contributed by atoms with van der Waals surface area (Å²) in [4.78, 5) is 2.89. The molecular formula is C13H19N3O. The first-order chi connectivity index (χ1) is 8.02. The number of nitrogens with zero attached hydrogens (tertiary/aromatic N) is 3. The molecule has 0 spiro atoms. The van der Waals surface area contributed by atoms with Crippen molar-refractivity contribution in [2.75, 3.05) is 6.61 Å². The fourth-order valence-corrected chi connectivity index (χ4v) is 2.19. The summed E-state index contributed by atoms with van der Waals surface area (Å²) in [6.45, 7) is 8.20. The first-order valence-corrected chi connectivity index (χ1v) is 5.75. The van der Waals surface area contributed by atoms with Gasteiger partial charge in [0.2, 0.25) is 0 Å². The normalized spacial score (nSPS) is 12.1. The average molecular weight is 233 g/mol. The molecule has 0 heterocycles. The SMILES string of the molecule is Cc1cc(C)c(C)c(C(CCO)N=[N+]=[N-])c1C. The maximum atomic E-state index is 9.06. The van der Waals surface area contributed by atoms with Gasteiger partial charge in [0, 0.05) is 11.5 Å². The van der Waals surface area contributed by atoms with Crippen LogP contribution < -0.4 is 0 Å². The molecule has 4 heteroatoms. The van der Waals surface area contributed by atoms with Gasteiger partial charge in [0.1, 0.15) is 0 Å². The Morgan fingerprint density at radius 2 is 1.76 bits per heavy atom. The first kappa shape index (κ1) is 13.6. The minimum Gasteiger partial charge on any atom is -0.396 e. The molecule has 17 heavy (non-hydrogen) atoms. The number of benzene rings is 1. The molecule has 92 valence electrons. The van der Waals surface area contributed by atoms with Crippen LogP contribution in [0.2, 0.25) is 0 Å². The summed E-state index contributed by atoms with van der Waals surface area (Å²) in [5.41, 5.74) is 14.4. The Bertz CT molecular complexity index is 436. The summed E-state index contributed by atoms with van der Waals surface area (Å²) >= 11 is 0. The van der Waals surface area contributed by atoms with Crippen LogP contribution in [0.1, 0.15) is 40.3 Å². The molecule has 1 aromatic carbocycles. The van der Waals surface area contributed by atoms with Crippen LogP contribution in [0.15, 0.2) is 11.2 Å². The summed E-state index contributed by atoms with van der Waals surface area (Å²) in [5.74, 6) is 0. The number of hydrogen-bond acceptors (Lipinski definition) is 2. The monoisotopic (exact) mass is 233 g/mol. The van der Waals surface area contributed by atoms with E-state index in [2.05, 4.69) is 29.9 Å². The number of aryl methyl sites for hydroxylation is 2. The number of azide groups is 1. The lowest BCUT2D eigenvalue weighted by Crippen LogP contribution is -2.06. The van der Waals surface area contributed by atoms with Gasteiger partial charge in [-0.2, -0.15) is 0 Å².